The highest BCUT2D eigenvalue weighted by Gasteiger charge is 2.04. The summed E-state index contributed by atoms with van der Waals surface area (Å²) in [6.45, 7) is 4.10. The molecular formula is C11H21NO. The lowest BCUT2D eigenvalue weighted by Crippen LogP contribution is -2.13. The standard InChI is InChI=1S/C11H21NO/c1-2-3-4-5-6-8-11-12-9-7-10-13-11/h2-10H2,1H3. The van der Waals surface area contributed by atoms with E-state index in [0.29, 0.717) is 0 Å². The Morgan fingerprint density at radius 3 is 2.77 bits per heavy atom. The van der Waals surface area contributed by atoms with E-state index >= 15 is 0 Å². The van der Waals surface area contributed by atoms with E-state index in [4.69, 9.17) is 4.74 Å². The van der Waals surface area contributed by atoms with Crippen LogP contribution in [0.3, 0.4) is 0 Å². The zero-order valence-corrected chi connectivity index (χ0v) is 8.72. The molecule has 0 spiro atoms. The first-order valence-electron chi connectivity index (χ1n) is 5.59. The molecule has 0 bridgehead atoms. The molecule has 0 aromatic carbocycles. The van der Waals surface area contributed by atoms with Crippen molar-refractivity contribution >= 4 is 5.90 Å². The third-order valence-corrected chi connectivity index (χ3v) is 2.35. The molecule has 0 aromatic rings. The minimum Gasteiger partial charge on any atom is -0.481 e. The lowest BCUT2D eigenvalue weighted by atomic mass is 10.1. The largest absolute Gasteiger partial charge is 0.481 e. The highest BCUT2D eigenvalue weighted by molar-refractivity contribution is 5.76. The average molecular weight is 183 g/mol. The van der Waals surface area contributed by atoms with E-state index < -0.39 is 0 Å². The van der Waals surface area contributed by atoms with E-state index in [9.17, 15) is 0 Å². The van der Waals surface area contributed by atoms with Crippen LogP contribution in [0.1, 0.15) is 51.9 Å². The Balaban J connectivity index is 1.95. The van der Waals surface area contributed by atoms with Crippen molar-refractivity contribution in [1.29, 1.82) is 0 Å². The fourth-order valence-electron chi connectivity index (χ4n) is 1.53. The summed E-state index contributed by atoms with van der Waals surface area (Å²) < 4.78 is 5.43. The first kappa shape index (κ1) is 10.6. The number of rotatable bonds is 6. The molecule has 13 heavy (non-hydrogen) atoms. The van der Waals surface area contributed by atoms with Crippen LogP contribution in [0.4, 0.5) is 0 Å². The predicted octanol–water partition coefficient (Wildman–Crippen LogP) is 3.17. The van der Waals surface area contributed by atoms with Crippen molar-refractivity contribution in [1.82, 2.24) is 0 Å². The van der Waals surface area contributed by atoms with Gasteiger partial charge >= 0.3 is 0 Å². The van der Waals surface area contributed by atoms with Crippen molar-refractivity contribution in [3.05, 3.63) is 0 Å². The van der Waals surface area contributed by atoms with Gasteiger partial charge in [0.05, 0.1) is 6.61 Å². The van der Waals surface area contributed by atoms with E-state index in [1.807, 2.05) is 0 Å². The Bertz CT molecular complexity index is 154. The third-order valence-electron chi connectivity index (χ3n) is 2.35. The summed E-state index contributed by atoms with van der Waals surface area (Å²) in [6, 6.07) is 0. The number of hydrogen-bond donors (Lipinski definition) is 0. The van der Waals surface area contributed by atoms with Gasteiger partial charge in [-0.05, 0) is 6.42 Å². The quantitative estimate of drug-likeness (QED) is 0.580. The topological polar surface area (TPSA) is 21.6 Å². The first-order valence-corrected chi connectivity index (χ1v) is 5.59. The monoisotopic (exact) mass is 183 g/mol. The number of ether oxygens (including phenoxy) is 1. The van der Waals surface area contributed by atoms with E-state index in [1.54, 1.807) is 0 Å². The van der Waals surface area contributed by atoms with Crippen molar-refractivity contribution in [3.63, 3.8) is 0 Å². The van der Waals surface area contributed by atoms with Crippen molar-refractivity contribution < 1.29 is 4.74 Å². The van der Waals surface area contributed by atoms with Gasteiger partial charge in [-0.15, -0.1) is 0 Å². The lowest BCUT2D eigenvalue weighted by Gasteiger charge is -2.13. The van der Waals surface area contributed by atoms with Gasteiger partial charge in [0.1, 0.15) is 0 Å². The SMILES string of the molecule is CCCCCCCC1=NCCCO1. The molecule has 0 atom stereocenters. The summed E-state index contributed by atoms with van der Waals surface area (Å²) in [7, 11) is 0. The summed E-state index contributed by atoms with van der Waals surface area (Å²) in [5.41, 5.74) is 0. The molecule has 0 fully saturated rings. The molecule has 0 unspecified atom stereocenters. The normalized spacial score (nSPS) is 16.5. The highest BCUT2D eigenvalue weighted by atomic mass is 16.5. The minimum absolute atomic E-state index is 0.883. The van der Waals surface area contributed by atoms with Crippen LogP contribution in [0.25, 0.3) is 0 Å². The third kappa shape index (κ3) is 4.91. The van der Waals surface area contributed by atoms with Gasteiger partial charge in [0.2, 0.25) is 0 Å². The summed E-state index contributed by atoms with van der Waals surface area (Å²) >= 11 is 0. The predicted molar refractivity (Wildman–Crippen MR) is 56.2 cm³/mol. The number of hydrogen-bond acceptors (Lipinski definition) is 2. The molecular weight excluding hydrogens is 162 g/mol. The van der Waals surface area contributed by atoms with Crippen molar-refractivity contribution in [2.45, 2.75) is 51.9 Å². The van der Waals surface area contributed by atoms with E-state index in [1.165, 1.54) is 32.1 Å². The molecule has 2 nitrogen and oxygen atoms in total. The molecule has 0 aliphatic carbocycles. The molecule has 0 saturated heterocycles. The van der Waals surface area contributed by atoms with Crippen LogP contribution in [-0.2, 0) is 4.74 Å². The Morgan fingerprint density at radius 1 is 1.23 bits per heavy atom. The van der Waals surface area contributed by atoms with Gasteiger partial charge in [-0.2, -0.15) is 0 Å². The van der Waals surface area contributed by atoms with Crippen LogP contribution in [0.15, 0.2) is 4.99 Å². The molecule has 1 aliphatic rings. The Kier molecular flexibility index (Phi) is 5.62. The lowest BCUT2D eigenvalue weighted by molar-refractivity contribution is 0.272. The number of unbranched alkanes of at least 4 members (excludes halogenated alkanes) is 4. The summed E-state index contributed by atoms with van der Waals surface area (Å²) in [4.78, 5) is 4.34. The second-order valence-corrected chi connectivity index (χ2v) is 3.64. The van der Waals surface area contributed by atoms with Gasteiger partial charge < -0.3 is 4.74 Å². The zero-order valence-electron chi connectivity index (χ0n) is 8.72. The van der Waals surface area contributed by atoms with Gasteiger partial charge in [-0.1, -0.05) is 32.6 Å². The van der Waals surface area contributed by atoms with Crippen molar-refractivity contribution in [2.24, 2.45) is 4.99 Å². The van der Waals surface area contributed by atoms with Gasteiger partial charge in [0.15, 0.2) is 5.90 Å². The molecule has 1 heterocycles. The van der Waals surface area contributed by atoms with Crippen LogP contribution in [0, 0.1) is 0 Å². The second kappa shape index (κ2) is 6.93. The Labute approximate surface area is 81.4 Å². The van der Waals surface area contributed by atoms with Gasteiger partial charge in [-0.25, -0.2) is 0 Å². The van der Waals surface area contributed by atoms with E-state index in [2.05, 4.69) is 11.9 Å². The molecule has 0 aromatic heterocycles. The van der Waals surface area contributed by atoms with E-state index in [-0.39, 0.29) is 0 Å². The maximum Gasteiger partial charge on any atom is 0.183 e. The van der Waals surface area contributed by atoms with Crippen LogP contribution in [-0.4, -0.2) is 19.0 Å². The molecule has 76 valence electrons. The number of aliphatic imine (C=N–C) groups is 1. The van der Waals surface area contributed by atoms with Crippen LogP contribution < -0.4 is 0 Å². The molecule has 0 amide bonds. The summed E-state index contributed by atoms with van der Waals surface area (Å²) in [5.74, 6) is 1.00. The van der Waals surface area contributed by atoms with Gasteiger partial charge in [0.25, 0.3) is 0 Å². The number of nitrogens with zero attached hydrogens (tertiary/aromatic N) is 1. The molecule has 0 saturated carbocycles. The fraction of sp³-hybridized carbons (Fsp3) is 0.909. The van der Waals surface area contributed by atoms with Crippen LogP contribution >= 0.6 is 0 Å². The highest BCUT2D eigenvalue weighted by Crippen LogP contribution is 2.08. The van der Waals surface area contributed by atoms with Crippen molar-refractivity contribution in [2.75, 3.05) is 13.2 Å². The Morgan fingerprint density at radius 2 is 2.08 bits per heavy atom. The Hall–Kier alpha value is -0.530. The molecule has 1 aliphatic heterocycles. The maximum atomic E-state index is 5.43. The molecule has 1 rings (SSSR count). The smallest absolute Gasteiger partial charge is 0.183 e. The van der Waals surface area contributed by atoms with Gasteiger partial charge in [-0.3, -0.25) is 4.99 Å². The van der Waals surface area contributed by atoms with Crippen molar-refractivity contribution in [3.8, 4) is 0 Å². The maximum absolute atomic E-state index is 5.43. The van der Waals surface area contributed by atoms with E-state index in [0.717, 1.165) is 31.9 Å². The van der Waals surface area contributed by atoms with Crippen LogP contribution in [0.5, 0.6) is 0 Å². The molecule has 0 radical (unpaired) electrons. The summed E-state index contributed by atoms with van der Waals surface area (Å²) in [5, 5.41) is 0. The zero-order chi connectivity index (χ0) is 9.36. The molecule has 0 N–H and O–H groups in total. The first-order chi connectivity index (χ1) is 6.43. The molecule has 2 heteroatoms. The van der Waals surface area contributed by atoms with Crippen LogP contribution in [0.2, 0.25) is 0 Å². The second-order valence-electron chi connectivity index (χ2n) is 3.64. The summed E-state index contributed by atoms with van der Waals surface area (Å²) in [6.07, 6.45) is 8.78. The van der Waals surface area contributed by atoms with Gasteiger partial charge in [0, 0.05) is 19.4 Å². The fourth-order valence-corrected chi connectivity index (χ4v) is 1.53. The minimum atomic E-state index is 0.883. The average Bonchev–Trinajstić information content (AvgIpc) is 2.19.